The van der Waals surface area contributed by atoms with E-state index >= 15 is 0 Å². The van der Waals surface area contributed by atoms with E-state index in [1.807, 2.05) is 25.2 Å². The maximum Gasteiger partial charge on any atom is 0.227 e. The number of benzene rings is 2. The third-order valence-electron chi connectivity index (χ3n) is 9.19. The van der Waals surface area contributed by atoms with Crippen molar-refractivity contribution >= 4 is 34.0 Å². The molecule has 2 atom stereocenters. The second kappa shape index (κ2) is 10.1. The Morgan fingerprint density at radius 1 is 0.977 bits per heavy atom. The summed E-state index contributed by atoms with van der Waals surface area (Å²) in [6.07, 6.45) is 6.86. The van der Waals surface area contributed by atoms with Crippen LogP contribution in [0.25, 0.3) is 22.2 Å². The molecule has 3 aliphatic rings. The van der Waals surface area contributed by atoms with Gasteiger partial charge in [0.15, 0.2) is 11.6 Å². The van der Waals surface area contributed by atoms with Gasteiger partial charge in [-0.15, -0.1) is 11.3 Å². The van der Waals surface area contributed by atoms with Crippen LogP contribution in [0.4, 0.5) is 14.5 Å². The van der Waals surface area contributed by atoms with Gasteiger partial charge < -0.3 is 14.0 Å². The predicted octanol–water partition coefficient (Wildman–Crippen LogP) is 7.91. The van der Waals surface area contributed by atoms with E-state index < -0.39 is 17.7 Å². The summed E-state index contributed by atoms with van der Waals surface area (Å²) in [4.78, 5) is 26.6. The minimum atomic E-state index is -0.969. The molecule has 220 valence electrons. The van der Waals surface area contributed by atoms with Crippen molar-refractivity contribution in [2.75, 3.05) is 4.90 Å². The minimum Gasteiger partial charge on any atom is -0.361 e. The Morgan fingerprint density at radius 2 is 1.84 bits per heavy atom. The Labute approximate surface area is 251 Å². The molecule has 3 aromatic heterocycles. The minimum absolute atomic E-state index is 0.111. The van der Waals surface area contributed by atoms with Gasteiger partial charge >= 0.3 is 0 Å². The lowest BCUT2D eigenvalue weighted by Gasteiger charge is -2.37. The average molecular weight is 600 g/mol. The zero-order chi connectivity index (χ0) is 29.4. The normalized spacial score (nSPS) is 20.7. The van der Waals surface area contributed by atoms with Gasteiger partial charge in [-0.1, -0.05) is 11.2 Å². The molecule has 5 aromatic rings. The van der Waals surface area contributed by atoms with Gasteiger partial charge in [-0.2, -0.15) is 0 Å². The highest BCUT2D eigenvalue weighted by Crippen LogP contribution is 2.46. The lowest BCUT2D eigenvalue weighted by atomic mass is 9.95. The topological polar surface area (TPSA) is 77.0 Å². The quantitative estimate of drug-likeness (QED) is 0.205. The third-order valence-corrected chi connectivity index (χ3v) is 10.5. The molecule has 2 aromatic carbocycles. The summed E-state index contributed by atoms with van der Waals surface area (Å²) >= 11 is 1.85. The van der Waals surface area contributed by atoms with Crippen LogP contribution in [0.5, 0.6) is 0 Å². The van der Waals surface area contributed by atoms with Crippen LogP contribution in [-0.4, -0.2) is 25.6 Å². The van der Waals surface area contributed by atoms with Crippen LogP contribution in [0, 0.1) is 25.5 Å². The second-order valence-corrected chi connectivity index (χ2v) is 13.2. The van der Waals surface area contributed by atoms with Crippen molar-refractivity contribution in [3.8, 4) is 11.1 Å². The molecule has 1 saturated heterocycles. The van der Waals surface area contributed by atoms with E-state index in [1.165, 1.54) is 34.5 Å². The standard InChI is InChI=1S/C33H31F2N5O2S/c1-17-31(18(2)42-38-17)20-8-13-27-26(14-20)36-32(28-4-3-5-30(41)39(28)21-9-11-23(34)24(35)15-21)40(27)22-10-12-25-29(16-22)43-33(37-25)19-6-7-19/h8-9,11,13-15,19,22,28H,3-7,10,12,16H2,1-2H3/t22-,28-/m0/s1. The molecule has 2 aliphatic carbocycles. The maximum absolute atomic E-state index is 14.4. The molecular formula is C33H31F2N5O2S. The number of amides is 1. The molecule has 4 heterocycles. The number of hydrogen-bond donors (Lipinski definition) is 0. The van der Waals surface area contributed by atoms with Crippen LogP contribution in [0.3, 0.4) is 0 Å². The summed E-state index contributed by atoms with van der Waals surface area (Å²) in [5.74, 6) is 0.138. The first-order chi connectivity index (χ1) is 20.9. The Balaban J connectivity index is 1.28. The van der Waals surface area contributed by atoms with Crippen molar-refractivity contribution in [2.45, 2.75) is 83.2 Å². The number of aromatic nitrogens is 4. The first kappa shape index (κ1) is 26.7. The summed E-state index contributed by atoms with van der Waals surface area (Å²) in [5.41, 5.74) is 6.14. The number of anilines is 1. The van der Waals surface area contributed by atoms with Crippen LogP contribution in [0.2, 0.25) is 0 Å². The van der Waals surface area contributed by atoms with Crippen LogP contribution in [-0.2, 0) is 17.6 Å². The molecule has 0 N–H and O–H groups in total. The van der Waals surface area contributed by atoms with Gasteiger partial charge in [-0.3, -0.25) is 4.79 Å². The molecule has 8 rings (SSSR count). The van der Waals surface area contributed by atoms with Gasteiger partial charge in [-0.05, 0) is 82.2 Å². The van der Waals surface area contributed by atoms with Gasteiger partial charge in [-0.25, -0.2) is 18.7 Å². The smallest absolute Gasteiger partial charge is 0.227 e. The third kappa shape index (κ3) is 4.49. The SMILES string of the molecule is Cc1noc(C)c1-c1ccc2c(c1)nc([C@@H]1CCCC(=O)N1c1ccc(F)c(F)c1)n2[C@H]1CCc2nc(C3CC3)sc2C1. The highest BCUT2D eigenvalue weighted by molar-refractivity contribution is 7.11. The van der Waals surface area contributed by atoms with Crippen molar-refractivity contribution < 1.29 is 18.1 Å². The number of imidazole rings is 1. The Kier molecular flexibility index (Phi) is 6.25. The number of thiazole rings is 1. The van der Waals surface area contributed by atoms with Crippen LogP contribution in [0.1, 0.15) is 89.4 Å². The predicted molar refractivity (Wildman–Crippen MR) is 160 cm³/mol. The summed E-state index contributed by atoms with van der Waals surface area (Å²) in [5, 5.41) is 5.41. The van der Waals surface area contributed by atoms with Gasteiger partial charge in [0, 0.05) is 47.0 Å². The number of piperidine rings is 1. The molecule has 1 saturated carbocycles. The second-order valence-electron chi connectivity index (χ2n) is 12.1. The molecule has 0 unspecified atom stereocenters. The van der Waals surface area contributed by atoms with Crippen molar-refractivity contribution in [3.05, 3.63) is 80.9 Å². The zero-order valence-corrected chi connectivity index (χ0v) is 24.9. The van der Waals surface area contributed by atoms with Gasteiger partial charge in [0.05, 0.1) is 33.5 Å². The number of aryl methyl sites for hydroxylation is 3. The van der Waals surface area contributed by atoms with Gasteiger partial charge in [0.25, 0.3) is 0 Å². The first-order valence-electron chi connectivity index (χ1n) is 15.1. The molecule has 0 spiro atoms. The summed E-state index contributed by atoms with van der Waals surface area (Å²) in [6.45, 7) is 3.83. The highest BCUT2D eigenvalue weighted by Gasteiger charge is 2.37. The van der Waals surface area contributed by atoms with E-state index in [9.17, 15) is 13.6 Å². The van der Waals surface area contributed by atoms with Crippen LogP contribution in [0.15, 0.2) is 40.9 Å². The fraction of sp³-hybridized carbons (Fsp3) is 0.394. The summed E-state index contributed by atoms with van der Waals surface area (Å²) < 4.78 is 36.1. The number of nitrogens with zero attached hydrogens (tertiary/aromatic N) is 5. The van der Waals surface area contributed by atoms with Gasteiger partial charge in [0.2, 0.25) is 5.91 Å². The summed E-state index contributed by atoms with van der Waals surface area (Å²) in [6, 6.07) is 9.69. The van der Waals surface area contributed by atoms with Crippen molar-refractivity contribution in [3.63, 3.8) is 0 Å². The lowest BCUT2D eigenvalue weighted by Crippen LogP contribution is -2.40. The number of rotatable bonds is 5. The largest absolute Gasteiger partial charge is 0.361 e. The molecule has 2 fully saturated rings. The molecule has 7 nitrogen and oxygen atoms in total. The molecular weight excluding hydrogens is 568 g/mol. The molecule has 1 aliphatic heterocycles. The number of carbonyl (C=O) groups is 1. The van der Waals surface area contributed by atoms with Gasteiger partial charge in [0.1, 0.15) is 11.6 Å². The fourth-order valence-corrected chi connectivity index (χ4v) is 8.31. The zero-order valence-electron chi connectivity index (χ0n) is 24.1. The van der Waals surface area contributed by atoms with Crippen LogP contribution >= 0.6 is 11.3 Å². The Bertz CT molecular complexity index is 1890. The highest BCUT2D eigenvalue weighted by atomic mass is 32.1. The fourth-order valence-electron chi connectivity index (χ4n) is 6.96. The maximum atomic E-state index is 14.4. The number of hydrogen-bond acceptors (Lipinski definition) is 6. The van der Waals surface area contributed by atoms with E-state index in [2.05, 4.69) is 27.9 Å². The molecule has 10 heteroatoms. The molecule has 43 heavy (non-hydrogen) atoms. The summed E-state index contributed by atoms with van der Waals surface area (Å²) in [7, 11) is 0. The number of carbonyl (C=O) groups excluding carboxylic acids is 1. The van der Waals surface area contributed by atoms with Crippen LogP contribution < -0.4 is 4.90 Å². The Morgan fingerprint density at radius 3 is 2.60 bits per heavy atom. The van der Waals surface area contributed by atoms with Crippen molar-refractivity contribution in [2.24, 2.45) is 0 Å². The average Bonchev–Trinajstić information content (AvgIpc) is 3.52. The Hall–Kier alpha value is -3.92. The molecule has 1 amide bonds. The molecule has 0 radical (unpaired) electrons. The van der Waals surface area contributed by atoms with E-state index in [1.54, 1.807) is 4.90 Å². The van der Waals surface area contributed by atoms with E-state index in [-0.39, 0.29) is 11.9 Å². The van der Waals surface area contributed by atoms with E-state index in [0.717, 1.165) is 70.8 Å². The first-order valence-corrected chi connectivity index (χ1v) is 15.9. The van der Waals surface area contributed by atoms with E-state index in [4.69, 9.17) is 14.5 Å². The van der Waals surface area contributed by atoms with Crippen molar-refractivity contribution in [1.29, 1.82) is 0 Å². The number of fused-ring (bicyclic) bond motifs is 2. The number of halogens is 2. The monoisotopic (exact) mass is 599 g/mol. The van der Waals surface area contributed by atoms with Crippen molar-refractivity contribution in [1.82, 2.24) is 19.7 Å². The lowest BCUT2D eigenvalue weighted by molar-refractivity contribution is -0.120. The van der Waals surface area contributed by atoms with E-state index in [0.29, 0.717) is 30.9 Å². The molecule has 0 bridgehead atoms.